The van der Waals surface area contributed by atoms with Crippen molar-refractivity contribution >= 4 is 22.7 Å². The lowest BCUT2D eigenvalue weighted by molar-refractivity contribution is 0.161. The molecule has 0 radical (unpaired) electrons. The molecular formula is C24H27N3O3. The number of aromatic nitrogens is 1. The fourth-order valence-electron chi connectivity index (χ4n) is 3.48. The van der Waals surface area contributed by atoms with E-state index >= 15 is 0 Å². The molecule has 0 spiro atoms. The van der Waals surface area contributed by atoms with E-state index in [9.17, 15) is 10.1 Å². The summed E-state index contributed by atoms with van der Waals surface area (Å²) in [6.07, 6.45) is 0.378. The van der Waals surface area contributed by atoms with Crippen LogP contribution in [0.4, 0.5) is 10.5 Å². The van der Waals surface area contributed by atoms with Gasteiger partial charge in [-0.2, -0.15) is 5.26 Å². The monoisotopic (exact) mass is 405 g/mol. The lowest BCUT2D eigenvalue weighted by atomic mass is 10.1. The molecule has 3 aromatic rings. The fourth-order valence-corrected chi connectivity index (χ4v) is 3.48. The predicted molar refractivity (Wildman–Crippen MR) is 119 cm³/mol. The number of anilines is 1. The number of carbonyl (C=O) groups is 1. The lowest BCUT2D eigenvalue weighted by Gasteiger charge is -2.12. The average molecular weight is 405 g/mol. The van der Waals surface area contributed by atoms with Crippen LogP contribution in [0.3, 0.4) is 0 Å². The Balaban J connectivity index is 2.00. The molecule has 1 N–H and O–H groups in total. The normalized spacial score (nSPS) is 10.8. The van der Waals surface area contributed by atoms with E-state index in [4.69, 9.17) is 9.47 Å². The number of nitrogens with zero attached hydrogens (tertiary/aromatic N) is 2. The topological polar surface area (TPSA) is 76.3 Å². The minimum absolute atomic E-state index is 0.0754. The van der Waals surface area contributed by atoms with E-state index in [1.807, 2.05) is 63.2 Å². The summed E-state index contributed by atoms with van der Waals surface area (Å²) >= 11 is 0. The molecule has 0 saturated carbocycles. The van der Waals surface area contributed by atoms with Gasteiger partial charge in [-0.3, -0.25) is 5.32 Å². The quantitative estimate of drug-likeness (QED) is 0.527. The third-order valence-electron chi connectivity index (χ3n) is 4.68. The molecule has 1 heterocycles. The molecule has 1 amide bonds. The van der Waals surface area contributed by atoms with Gasteiger partial charge < -0.3 is 14.0 Å². The first-order valence-corrected chi connectivity index (χ1v) is 10.3. The maximum Gasteiger partial charge on any atom is 0.411 e. The molecule has 0 unspecified atom stereocenters. The van der Waals surface area contributed by atoms with E-state index in [0.29, 0.717) is 24.4 Å². The van der Waals surface area contributed by atoms with Crippen LogP contribution >= 0.6 is 0 Å². The Bertz CT molecular complexity index is 1080. The van der Waals surface area contributed by atoms with Gasteiger partial charge >= 0.3 is 6.09 Å². The van der Waals surface area contributed by atoms with Crippen LogP contribution in [0, 0.1) is 11.3 Å². The number of nitriles is 1. The second-order valence-electron chi connectivity index (χ2n) is 7.26. The minimum atomic E-state index is -0.470. The summed E-state index contributed by atoms with van der Waals surface area (Å²) in [4.78, 5) is 11.8. The molecule has 0 bridgehead atoms. The van der Waals surface area contributed by atoms with E-state index in [-0.39, 0.29) is 6.10 Å². The molecule has 0 aliphatic heterocycles. The Hall–Kier alpha value is -3.46. The summed E-state index contributed by atoms with van der Waals surface area (Å²) in [7, 11) is 0. The number of hydrogen-bond acceptors (Lipinski definition) is 4. The van der Waals surface area contributed by atoms with Gasteiger partial charge in [-0.1, -0.05) is 19.1 Å². The summed E-state index contributed by atoms with van der Waals surface area (Å²) in [6.45, 7) is 9.07. The number of amides is 1. The van der Waals surface area contributed by atoms with Crippen molar-refractivity contribution in [3.05, 3.63) is 48.0 Å². The third-order valence-corrected chi connectivity index (χ3v) is 4.68. The highest BCUT2D eigenvalue weighted by atomic mass is 16.5. The molecule has 0 aliphatic rings. The Labute approximate surface area is 177 Å². The number of ether oxygens (including phenoxy) is 2. The Kier molecular flexibility index (Phi) is 6.63. The fraction of sp³-hybridized carbons (Fsp3) is 0.333. The SMILES string of the molecule is CCCOC(=O)Nc1ccc(-c2c(C#N)c3ccc(OC(C)C)cc3n2CC)cc1. The molecule has 0 aliphatic carbocycles. The van der Waals surface area contributed by atoms with Gasteiger partial charge in [-0.25, -0.2) is 4.79 Å². The van der Waals surface area contributed by atoms with Gasteiger partial charge in [0.2, 0.25) is 0 Å². The number of rotatable bonds is 7. The minimum Gasteiger partial charge on any atom is -0.491 e. The lowest BCUT2D eigenvalue weighted by Crippen LogP contribution is -2.13. The van der Waals surface area contributed by atoms with Crippen LogP contribution in [0.5, 0.6) is 5.75 Å². The van der Waals surface area contributed by atoms with E-state index in [1.54, 1.807) is 0 Å². The zero-order valence-electron chi connectivity index (χ0n) is 17.9. The van der Waals surface area contributed by atoms with Gasteiger partial charge in [0, 0.05) is 23.7 Å². The van der Waals surface area contributed by atoms with E-state index in [1.165, 1.54) is 0 Å². The smallest absolute Gasteiger partial charge is 0.411 e. The highest BCUT2D eigenvalue weighted by Crippen LogP contribution is 2.35. The molecule has 6 nitrogen and oxygen atoms in total. The van der Waals surface area contributed by atoms with Crippen molar-refractivity contribution < 1.29 is 14.3 Å². The standard InChI is InChI=1S/C24H27N3O3/c1-5-13-29-24(28)26-18-9-7-17(8-10-18)23-21(15-25)20-12-11-19(30-16(3)4)14-22(20)27(23)6-2/h7-12,14,16H,5-6,13H2,1-4H3,(H,26,28). The van der Waals surface area contributed by atoms with Crippen molar-refractivity contribution in [3.63, 3.8) is 0 Å². The third kappa shape index (κ3) is 4.41. The van der Waals surface area contributed by atoms with Gasteiger partial charge in [0.05, 0.1) is 29.5 Å². The molecule has 30 heavy (non-hydrogen) atoms. The summed E-state index contributed by atoms with van der Waals surface area (Å²) < 4.78 is 13.0. The second kappa shape index (κ2) is 9.36. The molecule has 0 fully saturated rings. The molecular weight excluding hydrogens is 378 g/mol. The van der Waals surface area contributed by atoms with Crippen LogP contribution in [0.15, 0.2) is 42.5 Å². The second-order valence-corrected chi connectivity index (χ2v) is 7.26. The van der Waals surface area contributed by atoms with Crippen molar-refractivity contribution in [3.8, 4) is 23.1 Å². The van der Waals surface area contributed by atoms with Crippen molar-refractivity contribution in [2.24, 2.45) is 0 Å². The van der Waals surface area contributed by atoms with E-state index in [2.05, 4.69) is 22.9 Å². The van der Waals surface area contributed by atoms with E-state index in [0.717, 1.165) is 34.3 Å². The highest BCUT2D eigenvalue weighted by molar-refractivity contribution is 5.95. The summed E-state index contributed by atoms with van der Waals surface area (Å²) in [5.74, 6) is 0.783. The molecule has 6 heteroatoms. The van der Waals surface area contributed by atoms with Crippen molar-refractivity contribution in [2.75, 3.05) is 11.9 Å². The van der Waals surface area contributed by atoms with Crippen molar-refractivity contribution in [1.82, 2.24) is 4.57 Å². The largest absolute Gasteiger partial charge is 0.491 e. The van der Waals surface area contributed by atoms with E-state index < -0.39 is 6.09 Å². The first-order valence-electron chi connectivity index (χ1n) is 10.3. The highest BCUT2D eigenvalue weighted by Gasteiger charge is 2.19. The number of nitrogens with one attached hydrogen (secondary N) is 1. The first-order chi connectivity index (χ1) is 14.5. The Morgan fingerprint density at radius 3 is 2.50 bits per heavy atom. The van der Waals surface area contributed by atoms with Crippen LogP contribution in [-0.2, 0) is 11.3 Å². The van der Waals surface area contributed by atoms with Crippen LogP contribution in [-0.4, -0.2) is 23.4 Å². The molecule has 1 aromatic heterocycles. The number of fused-ring (bicyclic) bond motifs is 1. The predicted octanol–water partition coefficient (Wildman–Crippen LogP) is 5.95. The number of benzene rings is 2. The zero-order valence-corrected chi connectivity index (χ0v) is 17.9. The summed E-state index contributed by atoms with van der Waals surface area (Å²) in [6, 6.07) is 15.6. The maximum absolute atomic E-state index is 11.8. The first kappa shape index (κ1) is 21.3. The molecule has 0 atom stereocenters. The average Bonchev–Trinajstić information content (AvgIpc) is 3.05. The zero-order chi connectivity index (χ0) is 21.7. The maximum atomic E-state index is 11.8. The Morgan fingerprint density at radius 2 is 1.90 bits per heavy atom. The van der Waals surface area contributed by atoms with Crippen LogP contribution in [0.25, 0.3) is 22.2 Å². The Morgan fingerprint density at radius 1 is 1.17 bits per heavy atom. The van der Waals surface area contributed by atoms with Crippen LogP contribution in [0.1, 0.15) is 39.7 Å². The van der Waals surface area contributed by atoms with Gasteiger partial charge in [0.15, 0.2) is 0 Å². The molecule has 0 saturated heterocycles. The van der Waals surface area contributed by atoms with Crippen LogP contribution < -0.4 is 10.1 Å². The van der Waals surface area contributed by atoms with Crippen LogP contribution in [0.2, 0.25) is 0 Å². The van der Waals surface area contributed by atoms with Crippen molar-refractivity contribution in [1.29, 1.82) is 5.26 Å². The van der Waals surface area contributed by atoms with Gasteiger partial charge in [0.25, 0.3) is 0 Å². The number of carbonyl (C=O) groups excluding carboxylic acids is 1. The molecule has 156 valence electrons. The number of aryl methyl sites for hydroxylation is 1. The van der Waals surface area contributed by atoms with Gasteiger partial charge in [0.1, 0.15) is 11.8 Å². The molecule has 2 aromatic carbocycles. The summed E-state index contributed by atoms with van der Waals surface area (Å²) in [5.41, 5.74) is 4.00. The van der Waals surface area contributed by atoms with Gasteiger partial charge in [-0.15, -0.1) is 0 Å². The number of hydrogen-bond donors (Lipinski definition) is 1. The van der Waals surface area contributed by atoms with Crippen molar-refractivity contribution in [2.45, 2.75) is 46.8 Å². The van der Waals surface area contributed by atoms with Gasteiger partial charge in [-0.05, 0) is 57.0 Å². The summed E-state index contributed by atoms with van der Waals surface area (Å²) in [5, 5.41) is 13.5. The molecule has 3 rings (SSSR count).